The van der Waals surface area contributed by atoms with Crippen molar-refractivity contribution in [3.8, 4) is 0 Å². The van der Waals surface area contributed by atoms with E-state index >= 15 is 0 Å². The fraction of sp³-hybridized carbons (Fsp3) is 0.950. The number of rotatable bonds is 27. The first-order valence-corrected chi connectivity index (χ1v) is 29.0. The average molecular weight is 954 g/mol. The van der Waals surface area contributed by atoms with Crippen molar-refractivity contribution in [3.63, 3.8) is 0 Å². The predicted octanol–water partition coefficient (Wildman–Crippen LogP) is 22.4. The molecule has 0 spiro atoms. The van der Waals surface area contributed by atoms with Crippen LogP contribution in [0.25, 0.3) is 0 Å². The summed E-state index contributed by atoms with van der Waals surface area (Å²) in [6.07, 6.45) is 44.3. The third-order valence-corrected chi connectivity index (χ3v) is 8.70. The summed E-state index contributed by atoms with van der Waals surface area (Å²) in [4.78, 5) is 29.5. The molecule has 0 saturated heterocycles. The zero-order valence-electron chi connectivity index (χ0n) is 50.7. The van der Waals surface area contributed by atoms with E-state index in [1.165, 1.54) is 226 Å². The predicted molar refractivity (Wildman–Crippen MR) is 305 cm³/mol. The minimum absolute atomic E-state index is 0.211. The molecule has 0 aliphatic rings. The van der Waals surface area contributed by atoms with E-state index in [4.69, 9.17) is 0 Å². The second kappa shape index (κ2) is 120. The SMILES string of the molecule is CCCCCC.CCCCCC.CCCCCC.CCCCCC.CCCCCC.CCCCCC.CCCCCC.CCCCCC.CCOC(C)=O.CCOC(C)=O.CCOC(C)=O. The number of hydrogen-bond acceptors (Lipinski definition) is 6. The average Bonchev–Trinajstić information content (AvgIpc) is 3.30. The fourth-order valence-corrected chi connectivity index (χ4v) is 4.61. The summed E-state index contributed by atoms with van der Waals surface area (Å²) in [7, 11) is 0. The van der Waals surface area contributed by atoms with Crippen LogP contribution in [0.3, 0.4) is 0 Å². The molecule has 0 rings (SSSR count). The van der Waals surface area contributed by atoms with Gasteiger partial charge in [0.1, 0.15) is 0 Å². The number of unbranched alkanes of at least 4 members (excludes halogenated alkanes) is 24. The monoisotopic (exact) mass is 953 g/mol. The van der Waals surface area contributed by atoms with Crippen molar-refractivity contribution in [1.82, 2.24) is 0 Å². The van der Waals surface area contributed by atoms with Gasteiger partial charge < -0.3 is 14.2 Å². The van der Waals surface area contributed by atoms with Gasteiger partial charge in [0.2, 0.25) is 0 Å². The van der Waals surface area contributed by atoms with Gasteiger partial charge in [-0.15, -0.1) is 0 Å². The standard InChI is InChI=1S/8C6H14.3C4H8O2/c8*1-3-5-6-4-2;3*1-3-6-4(2)5/h8*3-6H2,1-2H3;3*3H2,1-2H3. The Labute approximate surface area is 422 Å². The second-order valence-corrected chi connectivity index (χ2v) is 16.4. The number of carbonyl (C=O) groups excluding carboxylic acids is 3. The Hall–Kier alpha value is -1.59. The third kappa shape index (κ3) is 239. The Morgan fingerprint density at radius 1 is 0.197 bits per heavy atom. The maximum Gasteiger partial charge on any atom is 0.302 e. The van der Waals surface area contributed by atoms with Crippen LogP contribution in [0.2, 0.25) is 0 Å². The molecule has 412 valence electrons. The van der Waals surface area contributed by atoms with Gasteiger partial charge in [-0.1, -0.05) is 316 Å². The van der Waals surface area contributed by atoms with Crippen LogP contribution in [0.4, 0.5) is 0 Å². The van der Waals surface area contributed by atoms with Gasteiger partial charge in [0.05, 0.1) is 19.8 Å². The first kappa shape index (κ1) is 90.8. The van der Waals surface area contributed by atoms with Crippen molar-refractivity contribution in [2.24, 2.45) is 0 Å². The lowest BCUT2D eigenvalue weighted by Gasteiger charge is -1.89. The summed E-state index contributed by atoms with van der Waals surface area (Å²) in [6.45, 7) is 46.7. The fourth-order valence-electron chi connectivity index (χ4n) is 4.61. The molecule has 0 fully saturated rings. The summed E-state index contributed by atoms with van der Waals surface area (Å²) < 4.78 is 13.2. The van der Waals surface area contributed by atoms with Crippen molar-refractivity contribution >= 4 is 17.9 Å². The lowest BCUT2D eigenvalue weighted by atomic mass is 10.2. The van der Waals surface area contributed by atoms with E-state index in [2.05, 4.69) is 125 Å². The first-order valence-electron chi connectivity index (χ1n) is 29.0. The molecule has 0 aliphatic carbocycles. The van der Waals surface area contributed by atoms with E-state index in [0.29, 0.717) is 19.8 Å². The van der Waals surface area contributed by atoms with Crippen LogP contribution in [0.15, 0.2) is 0 Å². The Morgan fingerprint density at radius 2 is 0.273 bits per heavy atom. The van der Waals surface area contributed by atoms with Crippen LogP contribution < -0.4 is 0 Å². The summed E-state index contributed by atoms with van der Waals surface area (Å²) in [6, 6.07) is 0. The van der Waals surface area contributed by atoms with Crippen LogP contribution in [0.5, 0.6) is 0 Å². The van der Waals surface area contributed by atoms with Crippen molar-refractivity contribution in [2.45, 2.75) is 358 Å². The largest absolute Gasteiger partial charge is 0.466 e. The highest BCUT2D eigenvalue weighted by atomic mass is 16.5. The number of hydrogen-bond donors (Lipinski definition) is 0. The number of esters is 3. The quantitative estimate of drug-likeness (QED) is 0.0464. The zero-order chi connectivity index (χ0) is 53.6. The molecular weight excluding hydrogens is 817 g/mol. The lowest BCUT2D eigenvalue weighted by Crippen LogP contribution is -1.95. The van der Waals surface area contributed by atoms with E-state index in [9.17, 15) is 14.4 Å². The molecule has 0 unspecified atom stereocenters. The highest BCUT2D eigenvalue weighted by molar-refractivity contribution is 5.66. The van der Waals surface area contributed by atoms with Crippen molar-refractivity contribution in [1.29, 1.82) is 0 Å². The molecule has 0 bridgehead atoms. The van der Waals surface area contributed by atoms with Gasteiger partial charge in [0.25, 0.3) is 0 Å². The molecule has 0 amide bonds. The van der Waals surface area contributed by atoms with Crippen LogP contribution in [0, 0.1) is 0 Å². The van der Waals surface area contributed by atoms with Gasteiger partial charge in [-0.25, -0.2) is 0 Å². The minimum atomic E-state index is -0.211. The van der Waals surface area contributed by atoms with Crippen LogP contribution in [-0.2, 0) is 28.6 Å². The zero-order valence-corrected chi connectivity index (χ0v) is 50.7. The molecule has 66 heavy (non-hydrogen) atoms. The molecule has 0 heterocycles. The second-order valence-electron chi connectivity index (χ2n) is 16.4. The van der Waals surface area contributed by atoms with E-state index in [1.54, 1.807) is 20.8 Å². The Morgan fingerprint density at radius 3 is 0.288 bits per heavy atom. The highest BCUT2D eigenvalue weighted by Gasteiger charge is 1.84. The molecule has 6 heteroatoms. The van der Waals surface area contributed by atoms with Crippen molar-refractivity contribution in [3.05, 3.63) is 0 Å². The summed E-state index contributed by atoms with van der Waals surface area (Å²) >= 11 is 0. The van der Waals surface area contributed by atoms with E-state index < -0.39 is 0 Å². The topological polar surface area (TPSA) is 78.9 Å². The third-order valence-electron chi connectivity index (χ3n) is 8.70. The van der Waals surface area contributed by atoms with Gasteiger partial charge in [-0.3, -0.25) is 14.4 Å². The molecule has 0 aromatic carbocycles. The molecule has 6 nitrogen and oxygen atoms in total. The van der Waals surface area contributed by atoms with Gasteiger partial charge in [-0.05, 0) is 20.8 Å². The Kier molecular flexibility index (Phi) is 165. The highest BCUT2D eigenvalue weighted by Crippen LogP contribution is 1.99. The summed E-state index contributed by atoms with van der Waals surface area (Å²) in [5.74, 6) is -0.632. The van der Waals surface area contributed by atoms with Crippen molar-refractivity contribution in [2.75, 3.05) is 19.8 Å². The van der Waals surface area contributed by atoms with Gasteiger partial charge in [0.15, 0.2) is 0 Å². The molecular formula is C60H136O6. The van der Waals surface area contributed by atoms with Crippen LogP contribution >= 0.6 is 0 Å². The molecule has 0 atom stereocenters. The Bertz CT molecular complexity index is 501. The maximum absolute atomic E-state index is 9.82. The summed E-state index contributed by atoms with van der Waals surface area (Å²) in [5.41, 5.74) is 0. The lowest BCUT2D eigenvalue weighted by molar-refractivity contribution is -0.141. The minimum Gasteiger partial charge on any atom is -0.466 e. The smallest absolute Gasteiger partial charge is 0.302 e. The number of carbonyl (C=O) groups is 3. The first-order chi connectivity index (χ1) is 31.6. The maximum atomic E-state index is 9.82. The van der Waals surface area contributed by atoms with Gasteiger partial charge in [-0.2, -0.15) is 0 Å². The summed E-state index contributed by atoms with van der Waals surface area (Å²) in [5, 5.41) is 0. The molecule has 0 N–H and O–H groups in total. The van der Waals surface area contributed by atoms with E-state index in [0.717, 1.165) is 0 Å². The van der Waals surface area contributed by atoms with E-state index in [1.807, 2.05) is 0 Å². The van der Waals surface area contributed by atoms with Gasteiger partial charge >= 0.3 is 17.9 Å². The number of ether oxygens (including phenoxy) is 3. The molecule has 0 aromatic heterocycles. The molecule has 0 saturated carbocycles. The van der Waals surface area contributed by atoms with Crippen LogP contribution in [-0.4, -0.2) is 37.7 Å². The molecule has 0 radical (unpaired) electrons. The van der Waals surface area contributed by atoms with E-state index in [-0.39, 0.29) is 17.9 Å². The van der Waals surface area contributed by atoms with Gasteiger partial charge in [0, 0.05) is 20.8 Å². The normalized spacial score (nSPS) is 8.64. The van der Waals surface area contributed by atoms with Crippen molar-refractivity contribution < 1.29 is 28.6 Å². The van der Waals surface area contributed by atoms with Crippen LogP contribution in [0.1, 0.15) is 358 Å². The molecule has 0 aliphatic heterocycles. The Balaban J connectivity index is -0.0000000560. The molecule has 0 aromatic rings.